The summed E-state index contributed by atoms with van der Waals surface area (Å²) in [6.07, 6.45) is 0.703. The third-order valence-corrected chi connectivity index (χ3v) is 3.00. The first-order valence-electron chi connectivity index (χ1n) is 5.55. The topological polar surface area (TPSA) is 51.0 Å². The number of likely N-dealkylation sites (N-methyl/N-ethyl adjacent to an activating group) is 1. The number of hydrogen-bond acceptors (Lipinski definition) is 4. The Morgan fingerprint density at radius 2 is 1.94 bits per heavy atom. The van der Waals surface area contributed by atoms with Crippen molar-refractivity contribution in [2.75, 3.05) is 7.05 Å². The molecule has 1 heterocycles. The van der Waals surface area contributed by atoms with Crippen molar-refractivity contribution in [3.63, 3.8) is 0 Å². The molecule has 1 atom stereocenters. The van der Waals surface area contributed by atoms with Gasteiger partial charge in [0.25, 0.3) is 5.89 Å². The molecule has 0 aliphatic heterocycles. The fraction of sp³-hybridized carbons (Fsp3) is 0.333. The van der Waals surface area contributed by atoms with E-state index in [-0.39, 0.29) is 0 Å². The van der Waals surface area contributed by atoms with Crippen molar-refractivity contribution < 1.29 is 4.52 Å². The fourth-order valence-electron chi connectivity index (χ4n) is 1.51. The van der Waals surface area contributed by atoms with Crippen LogP contribution in [0.3, 0.4) is 0 Å². The van der Waals surface area contributed by atoms with Gasteiger partial charge in [0.05, 0.1) is 0 Å². The highest BCUT2D eigenvalue weighted by molar-refractivity contribution is 6.35. The van der Waals surface area contributed by atoms with E-state index in [9.17, 15) is 0 Å². The van der Waals surface area contributed by atoms with Crippen molar-refractivity contribution >= 4 is 23.2 Å². The minimum Gasteiger partial charge on any atom is -0.334 e. The number of hydrogen-bond donors (Lipinski definition) is 1. The zero-order valence-electron chi connectivity index (χ0n) is 10.1. The molecule has 4 nitrogen and oxygen atoms in total. The molecule has 0 saturated heterocycles. The van der Waals surface area contributed by atoms with Crippen LogP contribution in [0, 0.1) is 0 Å². The Bertz CT molecular complexity index is 522. The van der Waals surface area contributed by atoms with Crippen molar-refractivity contribution in [2.24, 2.45) is 0 Å². The summed E-state index contributed by atoms with van der Waals surface area (Å²) in [6, 6.07) is 5.43. The van der Waals surface area contributed by atoms with Gasteiger partial charge in [-0.15, -0.1) is 0 Å². The first-order chi connectivity index (χ1) is 8.58. The average molecular weight is 286 g/mol. The van der Waals surface area contributed by atoms with E-state index in [1.807, 2.05) is 14.0 Å². The molecule has 18 heavy (non-hydrogen) atoms. The zero-order valence-corrected chi connectivity index (χ0v) is 11.6. The van der Waals surface area contributed by atoms with Gasteiger partial charge in [0, 0.05) is 28.1 Å². The molecule has 96 valence electrons. The maximum absolute atomic E-state index is 5.93. The molecule has 0 fully saturated rings. The summed E-state index contributed by atoms with van der Waals surface area (Å²) in [4.78, 5) is 4.32. The van der Waals surface area contributed by atoms with Gasteiger partial charge in [-0.3, -0.25) is 0 Å². The molecule has 0 amide bonds. The molecule has 1 aromatic heterocycles. The molecular weight excluding hydrogens is 273 g/mol. The van der Waals surface area contributed by atoms with E-state index in [0.717, 1.165) is 5.56 Å². The quantitative estimate of drug-likeness (QED) is 0.937. The highest BCUT2D eigenvalue weighted by atomic mass is 35.5. The summed E-state index contributed by atoms with van der Waals surface area (Å²) in [5.74, 6) is 1.08. The number of halogens is 2. The molecule has 0 aliphatic rings. The van der Waals surface area contributed by atoms with Crippen LogP contribution in [0.2, 0.25) is 10.0 Å². The van der Waals surface area contributed by atoms with Crippen molar-refractivity contribution in [1.29, 1.82) is 0 Å². The Hall–Kier alpha value is -1.10. The van der Waals surface area contributed by atoms with Crippen LogP contribution in [-0.4, -0.2) is 23.2 Å². The first-order valence-corrected chi connectivity index (χ1v) is 6.30. The molecule has 0 saturated carbocycles. The van der Waals surface area contributed by atoms with E-state index < -0.39 is 0 Å². The lowest BCUT2D eigenvalue weighted by molar-refractivity contribution is 0.418. The van der Waals surface area contributed by atoms with Crippen LogP contribution in [0.25, 0.3) is 11.5 Å². The number of nitrogens with zero attached hydrogens (tertiary/aromatic N) is 2. The van der Waals surface area contributed by atoms with E-state index in [1.165, 1.54) is 0 Å². The van der Waals surface area contributed by atoms with Crippen LogP contribution < -0.4 is 5.32 Å². The molecule has 0 radical (unpaired) electrons. The maximum Gasteiger partial charge on any atom is 0.258 e. The van der Waals surface area contributed by atoms with Gasteiger partial charge in [0.2, 0.25) is 0 Å². The minimum atomic E-state index is 0.290. The lowest BCUT2D eigenvalue weighted by Crippen LogP contribution is -2.24. The number of nitrogens with one attached hydrogen (secondary N) is 1. The smallest absolute Gasteiger partial charge is 0.258 e. The van der Waals surface area contributed by atoms with Crippen LogP contribution >= 0.6 is 23.2 Å². The van der Waals surface area contributed by atoms with Crippen molar-refractivity contribution in [1.82, 2.24) is 15.5 Å². The zero-order chi connectivity index (χ0) is 13.1. The van der Waals surface area contributed by atoms with Crippen molar-refractivity contribution in [3.8, 4) is 11.5 Å². The van der Waals surface area contributed by atoms with Crippen molar-refractivity contribution in [2.45, 2.75) is 19.4 Å². The van der Waals surface area contributed by atoms with Gasteiger partial charge in [-0.05, 0) is 32.2 Å². The Morgan fingerprint density at radius 1 is 1.28 bits per heavy atom. The predicted molar refractivity (Wildman–Crippen MR) is 72.0 cm³/mol. The average Bonchev–Trinajstić information content (AvgIpc) is 2.76. The van der Waals surface area contributed by atoms with Crippen LogP contribution in [0.4, 0.5) is 0 Å². The van der Waals surface area contributed by atoms with Gasteiger partial charge in [-0.25, -0.2) is 0 Å². The standard InChI is InChI=1S/C12H13Cl2N3O/c1-7(15-2)3-11-16-12(18-17-11)8-4-9(13)6-10(14)5-8/h4-7,15H,3H2,1-2H3. The van der Waals surface area contributed by atoms with Gasteiger partial charge in [0.1, 0.15) is 0 Å². The van der Waals surface area contributed by atoms with Gasteiger partial charge in [-0.1, -0.05) is 28.4 Å². The number of benzene rings is 1. The largest absolute Gasteiger partial charge is 0.334 e. The Morgan fingerprint density at radius 3 is 2.56 bits per heavy atom. The van der Waals surface area contributed by atoms with Crippen LogP contribution in [-0.2, 0) is 6.42 Å². The summed E-state index contributed by atoms with van der Waals surface area (Å²) in [5, 5.41) is 8.13. The monoisotopic (exact) mass is 285 g/mol. The Labute approximate surface area is 115 Å². The highest BCUT2D eigenvalue weighted by Crippen LogP contribution is 2.26. The Kier molecular flexibility index (Phi) is 4.22. The molecule has 2 aromatic rings. The van der Waals surface area contributed by atoms with Crippen LogP contribution in [0.15, 0.2) is 22.7 Å². The fourth-order valence-corrected chi connectivity index (χ4v) is 2.03. The molecule has 0 spiro atoms. The summed E-state index contributed by atoms with van der Waals surface area (Å²) < 4.78 is 5.20. The minimum absolute atomic E-state index is 0.290. The van der Waals surface area contributed by atoms with E-state index >= 15 is 0 Å². The van der Waals surface area contributed by atoms with Crippen LogP contribution in [0.1, 0.15) is 12.7 Å². The Balaban J connectivity index is 2.23. The van der Waals surface area contributed by atoms with Crippen LogP contribution in [0.5, 0.6) is 0 Å². The number of aromatic nitrogens is 2. The molecule has 1 unspecified atom stereocenters. The summed E-state index contributed by atoms with van der Waals surface area (Å²) in [5.41, 5.74) is 0.725. The summed E-state index contributed by atoms with van der Waals surface area (Å²) >= 11 is 11.9. The highest BCUT2D eigenvalue weighted by Gasteiger charge is 2.12. The molecule has 0 bridgehead atoms. The normalized spacial score (nSPS) is 12.7. The second-order valence-electron chi connectivity index (χ2n) is 4.07. The van der Waals surface area contributed by atoms with Gasteiger partial charge < -0.3 is 9.84 Å². The van der Waals surface area contributed by atoms with Crippen molar-refractivity contribution in [3.05, 3.63) is 34.1 Å². The van der Waals surface area contributed by atoms with E-state index in [1.54, 1.807) is 18.2 Å². The molecular formula is C12H13Cl2N3O. The SMILES string of the molecule is CNC(C)Cc1noc(-c2cc(Cl)cc(Cl)c2)n1. The molecule has 0 aliphatic carbocycles. The molecule has 6 heteroatoms. The first kappa shape index (κ1) is 13.3. The lowest BCUT2D eigenvalue weighted by Gasteiger charge is -2.04. The molecule has 2 rings (SSSR count). The van der Waals surface area contributed by atoms with E-state index in [2.05, 4.69) is 15.5 Å². The molecule has 1 N–H and O–H groups in total. The second-order valence-corrected chi connectivity index (χ2v) is 4.94. The van der Waals surface area contributed by atoms with Gasteiger partial charge in [0.15, 0.2) is 5.82 Å². The summed E-state index contributed by atoms with van der Waals surface area (Å²) in [7, 11) is 1.89. The summed E-state index contributed by atoms with van der Waals surface area (Å²) in [6.45, 7) is 2.05. The second kappa shape index (κ2) is 5.69. The number of rotatable bonds is 4. The third-order valence-electron chi connectivity index (χ3n) is 2.56. The molecule has 1 aromatic carbocycles. The van der Waals surface area contributed by atoms with E-state index in [4.69, 9.17) is 27.7 Å². The van der Waals surface area contributed by atoms with Gasteiger partial charge in [-0.2, -0.15) is 4.98 Å². The van der Waals surface area contributed by atoms with E-state index in [0.29, 0.717) is 34.2 Å². The maximum atomic E-state index is 5.93. The third kappa shape index (κ3) is 3.22. The lowest BCUT2D eigenvalue weighted by atomic mass is 10.2. The van der Waals surface area contributed by atoms with Gasteiger partial charge >= 0.3 is 0 Å². The predicted octanol–water partition coefficient (Wildman–Crippen LogP) is 3.19.